The number of imide groups is 1. The maximum Gasteiger partial charge on any atom is 0.269 e. The van der Waals surface area contributed by atoms with Crippen molar-refractivity contribution in [1.82, 2.24) is 0 Å². The van der Waals surface area contributed by atoms with Crippen LogP contribution in [0.3, 0.4) is 0 Å². The Bertz CT molecular complexity index is 1770. The van der Waals surface area contributed by atoms with Crippen molar-refractivity contribution in [3.05, 3.63) is 118 Å². The van der Waals surface area contributed by atoms with Crippen molar-refractivity contribution in [1.29, 1.82) is 0 Å². The number of rotatable bonds is 7. The fourth-order valence-corrected chi connectivity index (χ4v) is 6.07. The van der Waals surface area contributed by atoms with Crippen LogP contribution in [0.2, 0.25) is 0 Å². The summed E-state index contributed by atoms with van der Waals surface area (Å²) in [5.74, 6) is -2.73. The maximum absolute atomic E-state index is 13.2. The summed E-state index contributed by atoms with van der Waals surface area (Å²) in [5.41, 5.74) is 0.0604. The van der Waals surface area contributed by atoms with Crippen molar-refractivity contribution < 1.29 is 32.8 Å². The lowest BCUT2D eigenvalue weighted by Crippen LogP contribution is -2.29. The van der Waals surface area contributed by atoms with Crippen molar-refractivity contribution >= 4 is 50.8 Å². The zero-order chi connectivity index (χ0) is 27.9. The molecule has 1 aliphatic rings. The number of carboxylic acids is 1. The van der Waals surface area contributed by atoms with Gasteiger partial charge in [-0.15, -0.1) is 0 Å². The largest absolute Gasteiger partial charge is 0.545 e. The SMILES string of the molecule is O=C([O-])c1ccc(S(=O)(=O)c2ccc3c(c2)C(=O)N(c2ccc(Sc4ccc([N+](=O)[O-])cc4)cc2)C3=O)cc1. The Labute approximate surface area is 225 Å². The summed E-state index contributed by atoms with van der Waals surface area (Å²) in [7, 11) is -4.10. The number of benzene rings is 4. The highest BCUT2D eigenvalue weighted by Crippen LogP contribution is 2.34. The summed E-state index contributed by atoms with van der Waals surface area (Å²) < 4.78 is 26.2. The van der Waals surface area contributed by atoms with Crippen LogP contribution < -0.4 is 10.0 Å². The number of amides is 2. The van der Waals surface area contributed by atoms with Gasteiger partial charge in [-0.05, 0) is 72.3 Å². The average molecular weight is 560 g/mol. The van der Waals surface area contributed by atoms with Gasteiger partial charge in [0.05, 0.1) is 37.5 Å². The van der Waals surface area contributed by atoms with Gasteiger partial charge in [-0.1, -0.05) is 23.9 Å². The molecule has 4 aromatic carbocycles. The van der Waals surface area contributed by atoms with Crippen LogP contribution in [0.4, 0.5) is 11.4 Å². The highest BCUT2D eigenvalue weighted by molar-refractivity contribution is 7.99. The molecule has 0 atom stereocenters. The van der Waals surface area contributed by atoms with E-state index in [1.54, 1.807) is 36.4 Å². The molecule has 0 bridgehead atoms. The third-order valence-corrected chi connectivity index (χ3v) is 8.73. The number of aromatic carboxylic acids is 1. The van der Waals surface area contributed by atoms with Crippen molar-refractivity contribution in [2.45, 2.75) is 19.6 Å². The molecule has 4 aromatic rings. The Morgan fingerprint density at radius 1 is 0.744 bits per heavy atom. The molecule has 5 rings (SSSR count). The number of sulfone groups is 1. The maximum atomic E-state index is 13.2. The lowest BCUT2D eigenvalue weighted by atomic mass is 10.1. The quantitative estimate of drug-likeness (QED) is 0.187. The molecule has 39 heavy (non-hydrogen) atoms. The van der Waals surface area contributed by atoms with E-state index >= 15 is 0 Å². The van der Waals surface area contributed by atoms with Gasteiger partial charge in [-0.25, -0.2) is 13.3 Å². The first-order chi connectivity index (χ1) is 18.6. The Morgan fingerprint density at radius 2 is 1.28 bits per heavy atom. The monoisotopic (exact) mass is 559 g/mol. The van der Waals surface area contributed by atoms with Gasteiger partial charge in [0.1, 0.15) is 0 Å². The molecule has 1 heterocycles. The minimum Gasteiger partial charge on any atom is -0.545 e. The zero-order valence-electron chi connectivity index (χ0n) is 19.6. The second-order valence-corrected chi connectivity index (χ2v) is 11.4. The Kier molecular flexibility index (Phi) is 6.50. The van der Waals surface area contributed by atoms with Crippen LogP contribution in [0.5, 0.6) is 0 Å². The molecule has 0 unspecified atom stereocenters. The van der Waals surface area contributed by atoms with Gasteiger partial charge in [-0.3, -0.25) is 19.7 Å². The molecule has 0 spiro atoms. The van der Waals surface area contributed by atoms with Crippen molar-refractivity contribution in [3.63, 3.8) is 0 Å². The molecule has 0 aromatic heterocycles. The van der Waals surface area contributed by atoms with Gasteiger partial charge in [0.2, 0.25) is 9.84 Å². The van der Waals surface area contributed by atoms with Crippen LogP contribution >= 0.6 is 11.8 Å². The summed E-state index contributed by atoms with van der Waals surface area (Å²) in [6.07, 6.45) is 0. The third kappa shape index (κ3) is 4.78. The van der Waals surface area contributed by atoms with Crippen LogP contribution in [-0.4, -0.2) is 31.1 Å². The number of hydrogen-bond donors (Lipinski definition) is 0. The van der Waals surface area contributed by atoms with Gasteiger partial charge in [-0.2, -0.15) is 0 Å². The predicted octanol–water partition coefficient (Wildman–Crippen LogP) is 3.74. The molecule has 194 valence electrons. The second kappa shape index (κ2) is 9.82. The van der Waals surface area contributed by atoms with Crippen LogP contribution in [-0.2, 0) is 9.84 Å². The highest BCUT2D eigenvalue weighted by atomic mass is 32.2. The first kappa shape index (κ1) is 25.8. The molecule has 10 nitrogen and oxygen atoms in total. The van der Waals surface area contributed by atoms with E-state index in [1.807, 2.05) is 0 Å². The first-order valence-corrected chi connectivity index (χ1v) is 13.5. The third-order valence-electron chi connectivity index (χ3n) is 5.95. The minimum absolute atomic E-state index is 0.0232. The van der Waals surface area contributed by atoms with E-state index in [-0.39, 0.29) is 37.9 Å². The van der Waals surface area contributed by atoms with Crippen molar-refractivity contribution in [2.24, 2.45) is 0 Å². The summed E-state index contributed by atoms with van der Waals surface area (Å²) in [6.45, 7) is 0. The molecule has 2 amide bonds. The van der Waals surface area contributed by atoms with Gasteiger partial charge < -0.3 is 9.90 Å². The van der Waals surface area contributed by atoms with E-state index < -0.39 is 32.5 Å². The topological polar surface area (TPSA) is 155 Å². The molecule has 0 radical (unpaired) electrons. The highest BCUT2D eigenvalue weighted by Gasteiger charge is 2.37. The number of carbonyl (C=O) groups excluding carboxylic acids is 3. The molecule has 0 saturated carbocycles. The number of carbonyl (C=O) groups is 3. The predicted molar refractivity (Wildman–Crippen MR) is 137 cm³/mol. The zero-order valence-corrected chi connectivity index (χ0v) is 21.3. The normalized spacial score (nSPS) is 12.9. The molecule has 0 N–H and O–H groups in total. The van der Waals surface area contributed by atoms with Crippen molar-refractivity contribution in [3.8, 4) is 0 Å². The smallest absolute Gasteiger partial charge is 0.269 e. The van der Waals surface area contributed by atoms with Crippen molar-refractivity contribution in [2.75, 3.05) is 4.90 Å². The van der Waals surface area contributed by atoms with Crippen LogP contribution in [0, 0.1) is 10.1 Å². The van der Waals surface area contributed by atoms with E-state index in [9.17, 15) is 38.0 Å². The standard InChI is InChI=1S/C27H16N2O8S2/c30-25-23-14-13-22(39(36,37)21-11-1-16(2-12-21)27(32)33)15-24(23)26(31)28(25)17-3-7-19(8-4-17)38-20-9-5-18(6-10-20)29(34)35/h1-15H,(H,32,33)/p-1. The minimum atomic E-state index is -4.10. The Hall–Kier alpha value is -4.81. The molecular weight excluding hydrogens is 544 g/mol. The first-order valence-electron chi connectivity index (χ1n) is 11.2. The molecule has 1 aliphatic heterocycles. The summed E-state index contributed by atoms with van der Waals surface area (Å²) in [4.78, 5) is 49.6. The number of nitro benzene ring substituents is 1. The van der Waals surface area contributed by atoms with Gasteiger partial charge >= 0.3 is 0 Å². The molecule has 12 heteroatoms. The van der Waals surface area contributed by atoms with E-state index in [2.05, 4.69) is 0 Å². The van der Waals surface area contributed by atoms with Crippen LogP contribution in [0.25, 0.3) is 0 Å². The average Bonchev–Trinajstić information content (AvgIpc) is 3.18. The lowest BCUT2D eigenvalue weighted by Gasteiger charge is -2.14. The number of carboxylic acid groups (broad SMARTS) is 1. The van der Waals surface area contributed by atoms with E-state index in [0.29, 0.717) is 0 Å². The van der Waals surface area contributed by atoms with Gasteiger partial charge in [0.15, 0.2) is 0 Å². The number of hydrogen-bond acceptors (Lipinski definition) is 9. The number of fused-ring (bicyclic) bond motifs is 1. The molecule has 0 saturated heterocycles. The number of anilines is 1. The van der Waals surface area contributed by atoms with Gasteiger partial charge in [0.25, 0.3) is 17.5 Å². The van der Waals surface area contributed by atoms with Crippen LogP contribution in [0.15, 0.2) is 111 Å². The van der Waals surface area contributed by atoms with E-state index in [0.717, 1.165) is 45.0 Å². The second-order valence-electron chi connectivity index (χ2n) is 8.32. The van der Waals surface area contributed by atoms with E-state index in [4.69, 9.17) is 0 Å². The summed E-state index contributed by atoms with van der Waals surface area (Å²) in [6, 6.07) is 20.7. The fraction of sp³-hybridized carbons (Fsp3) is 0. The summed E-state index contributed by atoms with van der Waals surface area (Å²) in [5, 5.41) is 21.8. The Balaban J connectivity index is 1.38. The number of nitrogens with zero attached hydrogens (tertiary/aromatic N) is 2. The molecular formula is C27H15N2O8S2-. The fourth-order valence-electron chi connectivity index (χ4n) is 3.96. The molecule has 0 aliphatic carbocycles. The number of nitro groups is 1. The van der Waals surface area contributed by atoms with Gasteiger partial charge in [0, 0.05) is 21.9 Å². The number of non-ortho nitro benzene ring substituents is 1. The Morgan fingerprint density at radius 3 is 1.85 bits per heavy atom. The summed E-state index contributed by atoms with van der Waals surface area (Å²) >= 11 is 1.34. The van der Waals surface area contributed by atoms with E-state index in [1.165, 1.54) is 36.0 Å². The molecule has 0 fully saturated rings. The van der Waals surface area contributed by atoms with Crippen LogP contribution in [0.1, 0.15) is 31.1 Å². The lowest BCUT2D eigenvalue weighted by molar-refractivity contribution is -0.384.